The Bertz CT molecular complexity index is 1380. The molecule has 2 aliphatic heterocycles. The molecule has 2 atom stereocenters. The lowest BCUT2D eigenvalue weighted by atomic mass is 10.1. The number of amides is 2. The van der Waals surface area contributed by atoms with Gasteiger partial charge in [0.25, 0.3) is 5.91 Å². The Morgan fingerprint density at radius 1 is 1.15 bits per heavy atom. The Kier molecular flexibility index (Phi) is 8.09. The van der Waals surface area contributed by atoms with E-state index in [9.17, 15) is 9.59 Å². The number of pyridine rings is 1. The number of carbonyl (C=O) groups excluding carboxylic acids is 2. The highest BCUT2D eigenvalue weighted by Gasteiger charge is 2.28. The van der Waals surface area contributed by atoms with Crippen molar-refractivity contribution in [1.82, 2.24) is 24.3 Å². The summed E-state index contributed by atoms with van der Waals surface area (Å²) in [5.41, 5.74) is 5.44. The zero-order valence-corrected chi connectivity index (χ0v) is 23.2. The number of likely N-dealkylation sites (tertiary alicyclic amines) is 2. The number of benzene rings is 1. The molecule has 2 amide bonds. The number of hydrogen-bond acceptors (Lipinski definition) is 6. The van der Waals surface area contributed by atoms with Crippen molar-refractivity contribution in [3.63, 3.8) is 0 Å². The molecule has 1 aromatic carbocycles. The third-order valence-corrected chi connectivity index (χ3v) is 7.89. The summed E-state index contributed by atoms with van der Waals surface area (Å²) in [4.78, 5) is 39.4. The van der Waals surface area contributed by atoms with E-state index in [1.165, 1.54) is 11.6 Å². The first kappa shape index (κ1) is 27.0. The third kappa shape index (κ3) is 5.89. The van der Waals surface area contributed by atoms with Crippen molar-refractivity contribution in [3.05, 3.63) is 65.5 Å². The molecule has 9 nitrogen and oxygen atoms in total. The molecule has 39 heavy (non-hydrogen) atoms. The highest BCUT2D eigenvalue weighted by Crippen LogP contribution is 2.33. The maximum atomic E-state index is 13.3. The highest BCUT2D eigenvalue weighted by molar-refractivity contribution is 6.04. The number of carbonyl (C=O) groups is 2. The first-order chi connectivity index (χ1) is 18.9. The number of methoxy groups -OCH3 is 1. The molecule has 0 aliphatic carbocycles. The summed E-state index contributed by atoms with van der Waals surface area (Å²) in [7, 11) is 1.78. The number of anilines is 1. The van der Waals surface area contributed by atoms with Crippen molar-refractivity contribution in [3.8, 4) is 0 Å². The summed E-state index contributed by atoms with van der Waals surface area (Å²) >= 11 is 0. The van der Waals surface area contributed by atoms with E-state index in [0.717, 1.165) is 67.6 Å². The Labute approximate surface area is 229 Å². The van der Waals surface area contributed by atoms with Crippen molar-refractivity contribution in [2.24, 2.45) is 0 Å². The minimum atomic E-state index is -0.231. The smallest absolute Gasteiger partial charge is 0.258 e. The fourth-order valence-electron chi connectivity index (χ4n) is 5.95. The van der Waals surface area contributed by atoms with Crippen molar-refractivity contribution < 1.29 is 14.3 Å². The average molecular weight is 531 g/mol. The summed E-state index contributed by atoms with van der Waals surface area (Å²) in [5.74, 6) is 0.205. The summed E-state index contributed by atoms with van der Waals surface area (Å²) in [6, 6.07) is 7.81. The van der Waals surface area contributed by atoms with Gasteiger partial charge in [-0.1, -0.05) is 12.6 Å². The van der Waals surface area contributed by atoms with E-state index in [-0.39, 0.29) is 24.0 Å². The van der Waals surface area contributed by atoms with E-state index in [4.69, 9.17) is 9.72 Å². The number of hydrogen-bond donors (Lipinski definition) is 1. The minimum absolute atomic E-state index is 0.0264. The minimum Gasteiger partial charge on any atom is -0.380 e. The lowest BCUT2D eigenvalue weighted by molar-refractivity contribution is -0.126. The molecule has 2 aliphatic rings. The molecule has 0 spiro atoms. The van der Waals surface area contributed by atoms with Crippen LogP contribution in [0.2, 0.25) is 0 Å². The second-order valence-corrected chi connectivity index (χ2v) is 10.7. The molecule has 5 rings (SSSR count). The maximum absolute atomic E-state index is 13.3. The van der Waals surface area contributed by atoms with Crippen LogP contribution in [-0.2, 0) is 16.1 Å². The number of nitrogens with one attached hydrogen (secondary N) is 1. The van der Waals surface area contributed by atoms with Gasteiger partial charge in [-0.25, -0.2) is 4.98 Å². The van der Waals surface area contributed by atoms with E-state index in [2.05, 4.69) is 45.4 Å². The second-order valence-electron chi connectivity index (χ2n) is 10.7. The van der Waals surface area contributed by atoms with Gasteiger partial charge in [0.2, 0.25) is 11.9 Å². The summed E-state index contributed by atoms with van der Waals surface area (Å²) in [6.45, 7) is 11.7. The third-order valence-electron chi connectivity index (χ3n) is 7.89. The van der Waals surface area contributed by atoms with Gasteiger partial charge in [0.15, 0.2) is 0 Å². The van der Waals surface area contributed by atoms with Crippen molar-refractivity contribution in [2.75, 3.05) is 38.6 Å². The van der Waals surface area contributed by atoms with Gasteiger partial charge < -0.3 is 14.2 Å². The lowest BCUT2D eigenvalue weighted by Crippen LogP contribution is -2.34. The van der Waals surface area contributed by atoms with Crippen LogP contribution in [0.3, 0.4) is 0 Å². The van der Waals surface area contributed by atoms with Gasteiger partial charge in [-0.2, -0.15) is 0 Å². The summed E-state index contributed by atoms with van der Waals surface area (Å²) in [6.07, 6.45) is 7.14. The molecule has 0 saturated carbocycles. The van der Waals surface area contributed by atoms with Crippen molar-refractivity contribution in [1.29, 1.82) is 0 Å². The van der Waals surface area contributed by atoms with Crippen LogP contribution >= 0.6 is 0 Å². The van der Waals surface area contributed by atoms with Gasteiger partial charge >= 0.3 is 0 Å². The molecule has 3 aromatic rings. The summed E-state index contributed by atoms with van der Waals surface area (Å²) in [5, 5.41) is 3.09. The van der Waals surface area contributed by atoms with Gasteiger partial charge in [0.05, 0.1) is 23.2 Å². The number of aromatic nitrogens is 3. The van der Waals surface area contributed by atoms with Crippen LogP contribution in [0.25, 0.3) is 11.0 Å². The monoisotopic (exact) mass is 530 g/mol. The zero-order chi connectivity index (χ0) is 27.5. The molecule has 4 heterocycles. The molecule has 0 radical (unpaired) electrons. The van der Waals surface area contributed by atoms with Gasteiger partial charge in [-0.3, -0.25) is 24.8 Å². The normalized spacial score (nSPS) is 20.2. The molecule has 2 fully saturated rings. The van der Waals surface area contributed by atoms with Crippen LogP contribution in [0, 0.1) is 13.8 Å². The first-order valence-electron chi connectivity index (χ1n) is 13.8. The zero-order valence-electron chi connectivity index (χ0n) is 23.2. The molecule has 2 saturated heterocycles. The quantitative estimate of drug-likeness (QED) is 0.459. The predicted octanol–water partition coefficient (Wildman–Crippen LogP) is 4.26. The van der Waals surface area contributed by atoms with E-state index in [1.807, 2.05) is 11.8 Å². The average Bonchev–Trinajstić information content (AvgIpc) is 3.44. The molecule has 1 N–H and O–H groups in total. The topological polar surface area (TPSA) is 92.6 Å². The van der Waals surface area contributed by atoms with Crippen LogP contribution in [0.4, 0.5) is 5.95 Å². The van der Waals surface area contributed by atoms with Crippen LogP contribution in [-0.4, -0.2) is 75.5 Å². The van der Waals surface area contributed by atoms with Crippen molar-refractivity contribution in [2.45, 2.75) is 58.2 Å². The fourth-order valence-corrected chi connectivity index (χ4v) is 5.95. The van der Waals surface area contributed by atoms with Crippen molar-refractivity contribution >= 4 is 28.8 Å². The van der Waals surface area contributed by atoms with Crippen LogP contribution in [0.1, 0.15) is 58.9 Å². The Hall–Kier alpha value is -3.56. The number of ether oxygens (including phenoxy) is 1. The first-order valence-corrected chi connectivity index (χ1v) is 13.8. The highest BCUT2D eigenvalue weighted by atomic mass is 16.5. The Morgan fingerprint density at radius 2 is 2.00 bits per heavy atom. The Balaban J connectivity index is 1.54. The van der Waals surface area contributed by atoms with E-state index in [0.29, 0.717) is 24.6 Å². The SMILES string of the molecule is C=CC(=O)N1CCCC[C@@H](n2c(NC(=O)c3ccnc(C)c3)nc3cc(CN4CC[C@H](OC)C4)cc(C)c32)C1. The predicted molar refractivity (Wildman–Crippen MR) is 152 cm³/mol. The van der Waals surface area contributed by atoms with Gasteiger partial charge in [0, 0.05) is 57.3 Å². The largest absolute Gasteiger partial charge is 0.380 e. The standard InChI is InChI=1S/C30H38N6O3/c1-5-27(37)35-12-7-6-8-24(18-35)36-28-20(2)14-22(17-34-13-10-25(19-34)39-4)16-26(28)32-30(36)33-29(38)23-9-11-31-21(3)15-23/h5,9,11,14-16,24-25H,1,6-8,10,12-13,17-19H2,2-4H3,(H,32,33,38)/t24-,25+/m1/s1. The molecule has 0 bridgehead atoms. The number of nitrogens with zero attached hydrogens (tertiary/aromatic N) is 5. The van der Waals surface area contributed by atoms with Crippen LogP contribution in [0.5, 0.6) is 0 Å². The number of fused-ring (bicyclic) bond motifs is 1. The second kappa shape index (κ2) is 11.7. The number of rotatable bonds is 7. The van der Waals surface area contributed by atoms with Gasteiger partial charge in [-0.05, 0) is 74.9 Å². The molecule has 0 unspecified atom stereocenters. The van der Waals surface area contributed by atoms with E-state index in [1.54, 1.807) is 25.4 Å². The molecular weight excluding hydrogens is 492 g/mol. The number of imidazole rings is 1. The lowest BCUT2D eigenvalue weighted by Gasteiger charge is -2.26. The summed E-state index contributed by atoms with van der Waals surface area (Å²) < 4.78 is 7.69. The fraction of sp³-hybridized carbons (Fsp3) is 0.467. The van der Waals surface area contributed by atoms with Gasteiger partial charge in [-0.15, -0.1) is 0 Å². The van der Waals surface area contributed by atoms with Gasteiger partial charge in [0.1, 0.15) is 0 Å². The molecule has 206 valence electrons. The molecule has 9 heteroatoms. The van der Waals surface area contributed by atoms with Crippen LogP contribution in [0.15, 0.2) is 43.1 Å². The number of aryl methyl sites for hydroxylation is 2. The Morgan fingerprint density at radius 3 is 2.74 bits per heavy atom. The van der Waals surface area contributed by atoms with E-state index < -0.39 is 0 Å². The van der Waals surface area contributed by atoms with E-state index >= 15 is 0 Å². The maximum Gasteiger partial charge on any atom is 0.258 e. The van der Waals surface area contributed by atoms with Crippen LogP contribution < -0.4 is 5.32 Å². The molecular formula is C30H38N6O3. The molecule has 2 aromatic heterocycles.